The second-order valence-electron chi connectivity index (χ2n) is 4.24. The minimum absolute atomic E-state index is 0.288. The van der Waals surface area contributed by atoms with E-state index in [1.54, 1.807) is 30.3 Å². The van der Waals surface area contributed by atoms with Gasteiger partial charge in [-0.1, -0.05) is 12.1 Å². The van der Waals surface area contributed by atoms with E-state index < -0.39 is 11.7 Å². The van der Waals surface area contributed by atoms with Gasteiger partial charge in [-0.25, -0.2) is 0 Å². The first-order chi connectivity index (χ1) is 9.49. The first kappa shape index (κ1) is 13.9. The summed E-state index contributed by atoms with van der Waals surface area (Å²) in [5.41, 5.74) is 1.18. The van der Waals surface area contributed by atoms with Gasteiger partial charge in [0.05, 0.1) is 17.2 Å². The summed E-state index contributed by atoms with van der Waals surface area (Å²) in [6.45, 7) is 0.288. The Morgan fingerprint density at radius 1 is 1.05 bits per heavy atom. The normalized spacial score (nSPS) is 10.9. The van der Waals surface area contributed by atoms with Crippen LogP contribution in [0.15, 0.2) is 48.5 Å². The van der Waals surface area contributed by atoms with Crippen molar-refractivity contribution in [1.82, 2.24) is 0 Å². The highest BCUT2D eigenvalue weighted by molar-refractivity contribution is 5.47. The van der Waals surface area contributed by atoms with Crippen molar-refractivity contribution in [2.45, 2.75) is 12.7 Å². The number of halogens is 3. The number of nitrogens with zero attached hydrogens (tertiary/aromatic N) is 1. The Kier molecular flexibility index (Phi) is 3.94. The summed E-state index contributed by atoms with van der Waals surface area (Å²) in [6, 6.07) is 13.9. The Morgan fingerprint density at radius 3 is 2.35 bits per heavy atom. The highest BCUT2D eigenvalue weighted by Crippen LogP contribution is 2.29. The van der Waals surface area contributed by atoms with Gasteiger partial charge in [0.1, 0.15) is 0 Å². The molecule has 2 rings (SSSR count). The molecule has 0 aliphatic carbocycles. The van der Waals surface area contributed by atoms with Crippen LogP contribution in [0.1, 0.15) is 16.7 Å². The molecule has 0 bridgehead atoms. The summed E-state index contributed by atoms with van der Waals surface area (Å²) in [4.78, 5) is 0. The largest absolute Gasteiger partial charge is 0.416 e. The van der Waals surface area contributed by atoms with Gasteiger partial charge in [0, 0.05) is 12.2 Å². The highest BCUT2D eigenvalue weighted by Gasteiger charge is 2.30. The molecule has 0 aliphatic rings. The molecule has 0 atom stereocenters. The maximum absolute atomic E-state index is 12.6. The van der Waals surface area contributed by atoms with Crippen LogP contribution in [0.4, 0.5) is 18.9 Å². The Hall–Kier alpha value is -2.48. The van der Waals surface area contributed by atoms with E-state index in [1.807, 2.05) is 6.07 Å². The van der Waals surface area contributed by atoms with Crippen molar-refractivity contribution in [2.24, 2.45) is 0 Å². The van der Waals surface area contributed by atoms with Crippen LogP contribution in [0.5, 0.6) is 0 Å². The van der Waals surface area contributed by atoms with Crippen LogP contribution >= 0.6 is 0 Å². The molecule has 20 heavy (non-hydrogen) atoms. The van der Waals surface area contributed by atoms with Crippen LogP contribution in [0.3, 0.4) is 0 Å². The number of hydrogen-bond acceptors (Lipinski definition) is 2. The third-order valence-corrected chi connectivity index (χ3v) is 2.76. The minimum Gasteiger partial charge on any atom is -0.381 e. The lowest BCUT2D eigenvalue weighted by Crippen LogP contribution is -2.06. The van der Waals surface area contributed by atoms with Crippen LogP contribution < -0.4 is 5.32 Å². The van der Waals surface area contributed by atoms with Crippen molar-refractivity contribution in [3.05, 3.63) is 65.2 Å². The number of rotatable bonds is 3. The van der Waals surface area contributed by atoms with Crippen LogP contribution in [-0.4, -0.2) is 0 Å². The van der Waals surface area contributed by atoms with Crippen molar-refractivity contribution in [3.63, 3.8) is 0 Å². The molecule has 2 aromatic rings. The van der Waals surface area contributed by atoms with Crippen LogP contribution in [0, 0.1) is 11.3 Å². The quantitative estimate of drug-likeness (QED) is 0.912. The molecule has 1 N–H and O–H groups in total. The summed E-state index contributed by atoms with van der Waals surface area (Å²) in [5.74, 6) is 0. The van der Waals surface area contributed by atoms with E-state index in [2.05, 4.69) is 5.32 Å². The lowest BCUT2D eigenvalue weighted by atomic mass is 10.1. The summed E-state index contributed by atoms with van der Waals surface area (Å²) in [7, 11) is 0. The number of anilines is 1. The zero-order chi connectivity index (χ0) is 14.6. The number of benzene rings is 2. The molecule has 102 valence electrons. The lowest BCUT2D eigenvalue weighted by molar-refractivity contribution is -0.137. The van der Waals surface area contributed by atoms with Crippen molar-refractivity contribution in [3.8, 4) is 6.07 Å². The third-order valence-electron chi connectivity index (χ3n) is 2.76. The fourth-order valence-electron chi connectivity index (χ4n) is 1.72. The zero-order valence-corrected chi connectivity index (χ0v) is 10.4. The highest BCUT2D eigenvalue weighted by atomic mass is 19.4. The first-order valence-corrected chi connectivity index (χ1v) is 5.89. The summed E-state index contributed by atoms with van der Waals surface area (Å²) < 4.78 is 37.7. The number of nitriles is 1. The van der Waals surface area contributed by atoms with Gasteiger partial charge < -0.3 is 5.32 Å². The predicted octanol–water partition coefficient (Wildman–Crippen LogP) is 4.19. The van der Waals surface area contributed by atoms with E-state index >= 15 is 0 Å². The molecule has 2 aromatic carbocycles. The van der Waals surface area contributed by atoms with E-state index in [0.29, 0.717) is 11.1 Å². The maximum Gasteiger partial charge on any atom is 0.416 e. The van der Waals surface area contributed by atoms with Gasteiger partial charge in [0.2, 0.25) is 0 Å². The molecule has 0 amide bonds. The number of alkyl halides is 3. The van der Waals surface area contributed by atoms with Gasteiger partial charge >= 0.3 is 6.18 Å². The van der Waals surface area contributed by atoms with Crippen molar-refractivity contribution in [1.29, 1.82) is 5.26 Å². The van der Waals surface area contributed by atoms with Gasteiger partial charge in [0.25, 0.3) is 0 Å². The Bertz CT molecular complexity index is 625. The van der Waals surface area contributed by atoms with Crippen LogP contribution in [-0.2, 0) is 12.7 Å². The van der Waals surface area contributed by atoms with E-state index in [-0.39, 0.29) is 6.54 Å². The monoisotopic (exact) mass is 276 g/mol. The molecule has 0 saturated heterocycles. The molecule has 0 aliphatic heterocycles. The molecule has 0 unspecified atom stereocenters. The standard InChI is InChI=1S/C15H11F3N2/c16-15(17,18)13-3-1-2-12(8-13)10-20-14-6-4-11(9-19)5-7-14/h1-8,20H,10H2. The fraction of sp³-hybridized carbons (Fsp3) is 0.133. The zero-order valence-electron chi connectivity index (χ0n) is 10.4. The average molecular weight is 276 g/mol. The molecule has 2 nitrogen and oxygen atoms in total. The molecular weight excluding hydrogens is 265 g/mol. The predicted molar refractivity (Wildman–Crippen MR) is 69.9 cm³/mol. The van der Waals surface area contributed by atoms with Gasteiger partial charge in [0.15, 0.2) is 0 Å². The van der Waals surface area contributed by atoms with Gasteiger partial charge in [-0.2, -0.15) is 18.4 Å². The minimum atomic E-state index is -4.33. The number of nitrogens with one attached hydrogen (secondary N) is 1. The van der Waals surface area contributed by atoms with E-state index in [1.165, 1.54) is 6.07 Å². The second kappa shape index (κ2) is 5.66. The number of hydrogen-bond donors (Lipinski definition) is 1. The topological polar surface area (TPSA) is 35.8 Å². The molecule has 0 aromatic heterocycles. The van der Waals surface area contributed by atoms with Crippen LogP contribution in [0.25, 0.3) is 0 Å². The molecule has 0 spiro atoms. The molecule has 5 heteroatoms. The summed E-state index contributed by atoms with van der Waals surface area (Å²) in [5, 5.41) is 11.7. The van der Waals surface area contributed by atoms with Crippen molar-refractivity contribution >= 4 is 5.69 Å². The van der Waals surface area contributed by atoms with E-state index in [9.17, 15) is 13.2 Å². The van der Waals surface area contributed by atoms with Crippen molar-refractivity contribution in [2.75, 3.05) is 5.32 Å². The van der Waals surface area contributed by atoms with Crippen LogP contribution in [0.2, 0.25) is 0 Å². The van der Waals surface area contributed by atoms with Gasteiger partial charge in [-0.05, 0) is 42.0 Å². The summed E-state index contributed by atoms with van der Waals surface area (Å²) in [6.07, 6.45) is -4.33. The Morgan fingerprint density at radius 2 is 1.75 bits per heavy atom. The first-order valence-electron chi connectivity index (χ1n) is 5.89. The molecule has 0 heterocycles. The molecular formula is C15H11F3N2. The van der Waals surface area contributed by atoms with E-state index in [4.69, 9.17) is 5.26 Å². The molecule has 0 fully saturated rings. The fourth-order valence-corrected chi connectivity index (χ4v) is 1.72. The SMILES string of the molecule is N#Cc1ccc(NCc2cccc(C(F)(F)F)c2)cc1. The lowest BCUT2D eigenvalue weighted by Gasteiger charge is -2.10. The van der Waals surface area contributed by atoms with E-state index in [0.717, 1.165) is 17.8 Å². The van der Waals surface area contributed by atoms with Gasteiger partial charge in [-0.3, -0.25) is 0 Å². The Labute approximate surface area is 114 Å². The molecule has 0 saturated carbocycles. The maximum atomic E-state index is 12.6. The van der Waals surface area contributed by atoms with Crippen molar-refractivity contribution < 1.29 is 13.2 Å². The summed E-state index contributed by atoms with van der Waals surface area (Å²) >= 11 is 0. The smallest absolute Gasteiger partial charge is 0.381 e. The average Bonchev–Trinajstić information content (AvgIpc) is 2.45. The third kappa shape index (κ3) is 3.51. The Balaban J connectivity index is 2.05. The molecule has 0 radical (unpaired) electrons. The second-order valence-corrected chi connectivity index (χ2v) is 4.24. The van der Waals surface area contributed by atoms with Gasteiger partial charge in [-0.15, -0.1) is 0 Å².